The standard InChI is InChI=1S/C13H21NOS/c1-13(2,3)14-9-10-16(15)11-12-7-5-4-6-8-12/h4-8,14H,9-11H2,1-3H3. The second-order valence-corrected chi connectivity index (χ2v) is 6.53. The number of hydrogen-bond donors (Lipinski definition) is 1. The lowest BCUT2D eigenvalue weighted by Gasteiger charge is -2.20. The van der Waals surface area contributed by atoms with Crippen molar-refractivity contribution in [3.63, 3.8) is 0 Å². The largest absolute Gasteiger partial charge is 0.311 e. The summed E-state index contributed by atoms with van der Waals surface area (Å²) in [6.45, 7) is 7.16. The first kappa shape index (κ1) is 13.4. The Balaban J connectivity index is 2.27. The van der Waals surface area contributed by atoms with Gasteiger partial charge in [0.1, 0.15) is 0 Å². The lowest BCUT2D eigenvalue weighted by Crippen LogP contribution is -2.38. The summed E-state index contributed by atoms with van der Waals surface area (Å²) in [6, 6.07) is 10.00. The van der Waals surface area contributed by atoms with E-state index < -0.39 is 10.8 Å². The fourth-order valence-electron chi connectivity index (χ4n) is 1.37. The molecule has 0 amide bonds. The van der Waals surface area contributed by atoms with Crippen LogP contribution in [0.2, 0.25) is 0 Å². The van der Waals surface area contributed by atoms with Gasteiger partial charge in [0.15, 0.2) is 0 Å². The van der Waals surface area contributed by atoms with Crippen LogP contribution in [0.15, 0.2) is 30.3 Å². The van der Waals surface area contributed by atoms with Gasteiger partial charge in [-0.15, -0.1) is 0 Å². The molecule has 1 N–H and O–H groups in total. The predicted octanol–water partition coefficient (Wildman–Crippen LogP) is 2.32. The molecule has 1 atom stereocenters. The molecule has 1 aromatic rings. The molecule has 0 saturated carbocycles. The third-order valence-corrected chi connectivity index (χ3v) is 3.47. The molecule has 0 fully saturated rings. The molecule has 1 aromatic carbocycles. The molecule has 3 heteroatoms. The van der Waals surface area contributed by atoms with E-state index in [9.17, 15) is 4.21 Å². The Bertz CT molecular complexity index is 330. The maximum absolute atomic E-state index is 11.8. The average Bonchev–Trinajstić information content (AvgIpc) is 2.17. The maximum Gasteiger partial charge on any atom is 0.0486 e. The summed E-state index contributed by atoms with van der Waals surface area (Å²) in [4.78, 5) is 0. The first-order chi connectivity index (χ1) is 7.47. The predicted molar refractivity (Wildman–Crippen MR) is 70.9 cm³/mol. The van der Waals surface area contributed by atoms with Crippen molar-refractivity contribution in [1.29, 1.82) is 0 Å². The van der Waals surface area contributed by atoms with Crippen molar-refractivity contribution < 1.29 is 4.21 Å². The van der Waals surface area contributed by atoms with Gasteiger partial charge >= 0.3 is 0 Å². The van der Waals surface area contributed by atoms with Crippen LogP contribution in [0.4, 0.5) is 0 Å². The van der Waals surface area contributed by atoms with Crippen LogP contribution in [0.1, 0.15) is 26.3 Å². The van der Waals surface area contributed by atoms with Crippen LogP contribution in [0.25, 0.3) is 0 Å². The van der Waals surface area contributed by atoms with Gasteiger partial charge in [0.25, 0.3) is 0 Å². The van der Waals surface area contributed by atoms with Crippen molar-refractivity contribution in [3.05, 3.63) is 35.9 Å². The first-order valence-corrected chi connectivity index (χ1v) is 7.10. The zero-order valence-corrected chi connectivity index (χ0v) is 11.1. The third kappa shape index (κ3) is 6.03. The highest BCUT2D eigenvalue weighted by molar-refractivity contribution is 7.84. The van der Waals surface area contributed by atoms with E-state index in [2.05, 4.69) is 26.1 Å². The van der Waals surface area contributed by atoms with E-state index in [1.807, 2.05) is 30.3 Å². The molecule has 0 radical (unpaired) electrons. The lowest BCUT2D eigenvalue weighted by molar-refractivity contribution is 0.440. The van der Waals surface area contributed by atoms with Crippen LogP contribution in [0, 0.1) is 0 Å². The molecule has 0 spiro atoms. The maximum atomic E-state index is 11.8. The molecular weight excluding hydrogens is 218 g/mol. The van der Waals surface area contributed by atoms with Crippen molar-refractivity contribution in [3.8, 4) is 0 Å². The fourth-order valence-corrected chi connectivity index (χ4v) is 2.41. The molecule has 1 unspecified atom stereocenters. The van der Waals surface area contributed by atoms with Crippen LogP contribution < -0.4 is 5.32 Å². The SMILES string of the molecule is CC(C)(C)NCCS(=O)Cc1ccccc1. The molecule has 0 aliphatic rings. The normalized spacial score (nSPS) is 13.7. The third-order valence-electron chi connectivity index (χ3n) is 2.16. The quantitative estimate of drug-likeness (QED) is 0.854. The van der Waals surface area contributed by atoms with Crippen molar-refractivity contribution in [2.75, 3.05) is 12.3 Å². The van der Waals surface area contributed by atoms with Crippen molar-refractivity contribution in [2.24, 2.45) is 0 Å². The van der Waals surface area contributed by atoms with Gasteiger partial charge in [-0.25, -0.2) is 0 Å². The van der Waals surface area contributed by atoms with Gasteiger partial charge in [0.05, 0.1) is 0 Å². The smallest absolute Gasteiger partial charge is 0.0486 e. The molecule has 90 valence electrons. The Morgan fingerprint density at radius 2 is 1.81 bits per heavy atom. The minimum Gasteiger partial charge on any atom is -0.311 e. The van der Waals surface area contributed by atoms with E-state index in [-0.39, 0.29) is 5.54 Å². The van der Waals surface area contributed by atoms with Crippen LogP contribution in [-0.4, -0.2) is 22.0 Å². The molecule has 0 aliphatic heterocycles. The van der Waals surface area contributed by atoms with Gasteiger partial charge in [-0.05, 0) is 26.3 Å². The van der Waals surface area contributed by atoms with E-state index in [4.69, 9.17) is 0 Å². The second kappa shape index (κ2) is 6.16. The van der Waals surface area contributed by atoms with Crippen LogP contribution in [0.5, 0.6) is 0 Å². The Labute approximate surface area is 101 Å². The van der Waals surface area contributed by atoms with Crippen LogP contribution >= 0.6 is 0 Å². The van der Waals surface area contributed by atoms with Crippen LogP contribution in [0.3, 0.4) is 0 Å². The second-order valence-electron chi connectivity index (χ2n) is 4.95. The first-order valence-electron chi connectivity index (χ1n) is 5.61. The highest BCUT2D eigenvalue weighted by Gasteiger charge is 2.09. The van der Waals surface area contributed by atoms with Gasteiger partial charge in [0, 0.05) is 34.4 Å². The Morgan fingerprint density at radius 1 is 1.19 bits per heavy atom. The molecule has 16 heavy (non-hydrogen) atoms. The van der Waals surface area contributed by atoms with E-state index in [1.165, 1.54) is 0 Å². The van der Waals surface area contributed by atoms with E-state index in [0.29, 0.717) is 11.5 Å². The number of rotatable bonds is 5. The molecule has 2 nitrogen and oxygen atoms in total. The Kier molecular flexibility index (Phi) is 5.16. The summed E-state index contributed by atoms with van der Waals surface area (Å²) < 4.78 is 11.8. The summed E-state index contributed by atoms with van der Waals surface area (Å²) in [7, 11) is -0.768. The number of hydrogen-bond acceptors (Lipinski definition) is 2. The summed E-state index contributed by atoms with van der Waals surface area (Å²) in [5.41, 5.74) is 1.26. The average molecular weight is 239 g/mol. The van der Waals surface area contributed by atoms with E-state index in [1.54, 1.807) is 0 Å². The van der Waals surface area contributed by atoms with Gasteiger partial charge in [0.2, 0.25) is 0 Å². The molecule has 0 heterocycles. The summed E-state index contributed by atoms with van der Waals surface area (Å²) in [5.74, 6) is 1.37. The molecule has 0 aliphatic carbocycles. The van der Waals surface area contributed by atoms with Crippen molar-refractivity contribution in [1.82, 2.24) is 5.32 Å². The number of benzene rings is 1. The minimum absolute atomic E-state index is 0.108. The highest BCUT2D eigenvalue weighted by atomic mass is 32.2. The Hall–Kier alpha value is -0.670. The van der Waals surface area contributed by atoms with Crippen molar-refractivity contribution in [2.45, 2.75) is 32.1 Å². The molecule has 0 aromatic heterocycles. The monoisotopic (exact) mass is 239 g/mol. The topological polar surface area (TPSA) is 29.1 Å². The summed E-state index contributed by atoms with van der Waals surface area (Å²) in [6.07, 6.45) is 0. The summed E-state index contributed by atoms with van der Waals surface area (Å²) in [5, 5.41) is 3.35. The van der Waals surface area contributed by atoms with Gasteiger partial charge in [-0.1, -0.05) is 30.3 Å². The minimum atomic E-state index is -0.768. The fraction of sp³-hybridized carbons (Fsp3) is 0.538. The van der Waals surface area contributed by atoms with Gasteiger partial charge < -0.3 is 5.32 Å². The Morgan fingerprint density at radius 3 is 2.38 bits per heavy atom. The highest BCUT2D eigenvalue weighted by Crippen LogP contribution is 2.03. The van der Waals surface area contributed by atoms with E-state index >= 15 is 0 Å². The van der Waals surface area contributed by atoms with Crippen molar-refractivity contribution >= 4 is 10.8 Å². The molecule has 0 bridgehead atoms. The summed E-state index contributed by atoms with van der Waals surface area (Å²) >= 11 is 0. The molecule has 1 rings (SSSR count). The molecule has 0 saturated heterocycles. The molecular formula is C13H21NOS. The van der Waals surface area contributed by atoms with Gasteiger partial charge in [-0.2, -0.15) is 0 Å². The number of nitrogens with one attached hydrogen (secondary N) is 1. The zero-order valence-electron chi connectivity index (χ0n) is 10.3. The van der Waals surface area contributed by atoms with Gasteiger partial charge in [-0.3, -0.25) is 4.21 Å². The van der Waals surface area contributed by atoms with E-state index in [0.717, 1.165) is 12.1 Å². The zero-order chi connectivity index (χ0) is 12.0. The lowest BCUT2D eigenvalue weighted by atomic mass is 10.1. The van der Waals surface area contributed by atoms with Crippen LogP contribution in [-0.2, 0) is 16.6 Å².